The summed E-state index contributed by atoms with van der Waals surface area (Å²) in [5, 5.41) is 4.25. The number of fused-ring (bicyclic) bond motifs is 2. The number of anilines is 1. The van der Waals surface area contributed by atoms with Crippen LogP contribution in [0.15, 0.2) is 47.0 Å². The normalized spacial score (nSPS) is 22.4. The Morgan fingerprint density at radius 2 is 1.85 bits per heavy atom. The molecular formula is C29H29F3N2O5. The minimum absolute atomic E-state index is 0.0380. The number of nitrogens with zero attached hydrogens (tertiary/aromatic N) is 2. The molecule has 0 radical (unpaired) electrons. The summed E-state index contributed by atoms with van der Waals surface area (Å²) in [7, 11) is 1.27. The molecule has 0 spiro atoms. The molecule has 2 aliphatic heterocycles. The summed E-state index contributed by atoms with van der Waals surface area (Å²) < 4.78 is 62.7. The second-order valence-electron chi connectivity index (χ2n) is 10.4. The van der Waals surface area contributed by atoms with Crippen molar-refractivity contribution in [2.45, 2.75) is 75.8 Å². The van der Waals surface area contributed by atoms with E-state index in [1.807, 2.05) is 0 Å². The molecule has 3 fully saturated rings. The third-order valence-corrected chi connectivity index (χ3v) is 7.93. The Hall–Kier alpha value is -3.53. The Labute approximate surface area is 223 Å². The molecule has 3 aromatic rings. The van der Waals surface area contributed by atoms with Crippen LogP contribution in [0, 0.1) is 5.82 Å². The van der Waals surface area contributed by atoms with Crippen LogP contribution in [-0.2, 0) is 16.1 Å². The van der Waals surface area contributed by atoms with Gasteiger partial charge in [0.15, 0.2) is 0 Å². The van der Waals surface area contributed by atoms with E-state index in [-0.39, 0.29) is 42.0 Å². The first-order chi connectivity index (χ1) is 18.9. The summed E-state index contributed by atoms with van der Waals surface area (Å²) in [5.74, 6) is 0.0163. The smallest absolute Gasteiger partial charge is 0.387 e. The number of alkyl halides is 2. The van der Waals surface area contributed by atoms with E-state index >= 15 is 4.39 Å². The van der Waals surface area contributed by atoms with Gasteiger partial charge in [0, 0.05) is 29.1 Å². The van der Waals surface area contributed by atoms with E-state index in [0.29, 0.717) is 16.9 Å². The fourth-order valence-corrected chi connectivity index (χ4v) is 6.02. The molecule has 1 aliphatic carbocycles. The maximum Gasteiger partial charge on any atom is 0.387 e. The van der Waals surface area contributed by atoms with Gasteiger partial charge in [-0.25, -0.2) is 9.18 Å². The van der Waals surface area contributed by atoms with Crippen molar-refractivity contribution in [2.75, 3.05) is 12.0 Å². The number of ether oxygens (including phenoxy) is 3. The second-order valence-corrected chi connectivity index (χ2v) is 10.4. The van der Waals surface area contributed by atoms with Crippen molar-refractivity contribution in [1.82, 2.24) is 5.16 Å². The Morgan fingerprint density at radius 3 is 2.51 bits per heavy atom. The van der Waals surface area contributed by atoms with Gasteiger partial charge in [0.25, 0.3) is 0 Å². The average molecular weight is 543 g/mol. The lowest BCUT2D eigenvalue weighted by atomic mass is 9.98. The fourth-order valence-electron chi connectivity index (χ4n) is 6.02. The van der Waals surface area contributed by atoms with E-state index in [0.717, 1.165) is 49.8 Å². The summed E-state index contributed by atoms with van der Waals surface area (Å²) in [6, 6.07) is 11.2. The van der Waals surface area contributed by atoms with Gasteiger partial charge in [0.2, 0.25) is 0 Å². The molecule has 1 aromatic heterocycles. The van der Waals surface area contributed by atoms with Gasteiger partial charge in [-0.15, -0.1) is 0 Å². The molecule has 1 saturated carbocycles. The number of aromatic nitrogens is 1. The molecule has 2 saturated heterocycles. The second kappa shape index (κ2) is 10.6. The number of carbonyl (C=O) groups is 1. The number of piperidine rings is 1. The molecule has 0 amide bonds. The molecule has 2 atom stereocenters. The van der Waals surface area contributed by atoms with Gasteiger partial charge in [0.1, 0.15) is 23.0 Å². The number of hydrogen-bond acceptors (Lipinski definition) is 7. The van der Waals surface area contributed by atoms with Gasteiger partial charge in [-0.2, -0.15) is 8.78 Å². The zero-order valence-corrected chi connectivity index (χ0v) is 21.4. The molecule has 2 bridgehead atoms. The number of esters is 1. The molecular weight excluding hydrogens is 513 g/mol. The summed E-state index contributed by atoms with van der Waals surface area (Å²) in [4.78, 5) is 13.9. The first kappa shape index (κ1) is 25.7. The zero-order valence-electron chi connectivity index (χ0n) is 21.4. The van der Waals surface area contributed by atoms with Crippen molar-refractivity contribution in [2.24, 2.45) is 0 Å². The quantitative estimate of drug-likeness (QED) is 0.287. The van der Waals surface area contributed by atoms with Crippen LogP contribution in [0.4, 0.5) is 18.9 Å². The Kier molecular flexibility index (Phi) is 6.97. The SMILES string of the molecule is COC(=O)c1ccc(N2C3CCC2CC(OCc2c(-c4ccccc4OC(F)F)noc2C2CC2)C3)c(F)c1. The van der Waals surface area contributed by atoms with E-state index in [1.165, 1.54) is 19.2 Å². The van der Waals surface area contributed by atoms with E-state index in [2.05, 4.69) is 10.1 Å². The maximum atomic E-state index is 15.0. The van der Waals surface area contributed by atoms with Crippen LogP contribution in [0.3, 0.4) is 0 Å². The van der Waals surface area contributed by atoms with Crippen LogP contribution < -0.4 is 9.64 Å². The topological polar surface area (TPSA) is 74.0 Å². The van der Waals surface area contributed by atoms with Gasteiger partial charge in [-0.1, -0.05) is 17.3 Å². The third kappa shape index (κ3) is 5.09. The molecule has 2 unspecified atom stereocenters. The molecule has 206 valence electrons. The summed E-state index contributed by atoms with van der Waals surface area (Å²) >= 11 is 0. The molecule has 7 nitrogen and oxygen atoms in total. The summed E-state index contributed by atoms with van der Waals surface area (Å²) in [6.07, 6.45) is 5.20. The van der Waals surface area contributed by atoms with Gasteiger partial charge in [-0.05, 0) is 68.9 Å². The van der Waals surface area contributed by atoms with Crippen molar-refractivity contribution in [3.63, 3.8) is 0 Å². The highest BCUT2D eigenvalue weighted by molar-refractivity contribution is 5.89. The number of para-hydroxylation sites is 1. The highest BCUT2D eigenvalue weighted by atomic mass is 19.3. The van der Waals surface area contributed by atoms with Gasteiger partial charge in [-0.3, -0.25) is 0 Å². The number of hydrogen-bond donors (Lipinski definition) is 0. The van der Waals surface area contributed by atoms with E-state index in [1.54, 1.807) is 30.3 Å². The molecule has 10 heteroatoms. The zero-order chi connectivity index (χ0) is 27.1. The lowest BCUT2D eigenvalue weighted by Crippen LogP contribution is -2.46. The van der Waals surface area contributed by atoms with Crippen LogP contribution >= 0.6 is 0 Å². The molecule has 0 N–H and O–H groups in total. The summed E-state index contributed by atoms with van der Waals surface area (Å²) in [5.41, 5.74) is 2.33. The number of carbonyl (C=O) groups excluding carboxylic acids is 1. The summed E-state index contributed by atoms with van der Waals surface area (Å²) in [6.45, 7) is -2.72. The standard InChI is InChI=1S/C29H29F3N2O5/c1-36-28(35)17-8-11-24(23(30)12-17)34-18-9-10-19(34)14-20(13-18)37-15-22-26(33-39-27(22)16-6-7-16)21-4-2-3-5-25(21)38-29(31)32/h2-5,8,11-12,16,18-20,29H,6-7,9-10,13-15H2,1H3. The van der Waals surface area contributed by atoms with E-state index in [9.17, 15) is 13.6 Å². The van der Waals surface area contributed by atoms with Crippen LogP contribution in [0.2, 0.25) is 0 Å². The number of methoxy groups -OCH3 is 1. The van der Waals surface area contributed by atoms with Gasteiger partial charge in [0.05, 0.1) is 31.1 Å². The lowest BCUT2D eigenvalue weighted by Gasteiger charge is -2.40. The van der Waals surface area contributed by atoms with Crippen LogP contribution in [0.1, 0.15) is 66.1 Å². The fraction of sp³-hybridized carbons (Fsp3) is 0.448. The largest absolute Gasteiger partial charge is 0.465 e. The third-order valence-electron chi connectivity index (χ3n) is 7.93. The minimum Gasteiger partial charge on any atom is -0.465 e. The number of rotatable bonds is 9. The average Bonchev–Trinajstić information content (AvgIpc) is 3.63. The highest BCUT2D eigenvalue weighted by Crippen LogP contribution is 2.46. The van der Waals surface area contributed by atoms with Crippen molar-refractivity contribution in [3.8, 4) is 17.0 Å². The van der Waals surface area contributed by atoms with Crippen LogP contribution in [0.25, 0.3) is 11.3 Å². The van der Waals surface area contributed by atoms with Crippen molar-refractivity contribution < 1.29 is 36.7 Å². The van der Waals surface area contributed by atoms with Crippen molar-refractivity contribution >= 4 is 11.7 Å². The van der Waals surface area contributed by atoms with Gasteiger partial charge >= 0.3 is 12.6 Å². The highest BCUT2D eigenvalue weighted by Gasteiger charge is 2.42. The number of halogens is 3. The monoisotopic (exact) mass is 542 g/mol. The van der Waals surface area contributed by atoms with Crippen LogP contribution in [0.5, 0.6) is 5.75 Å². The molecule has 3 aliphatic rings. The number of benzene rings is 2. The maximum absolute atomic E-state index is 15.0. The Balaban J connectivity index is 1.19. The molecule has 6 rings (SSSR count). The molecule has 3 heterocycles. The predicted octanol–water partition coefficient (Wildman–Crippen LogP) is 6.46. The van der Waals surface area contributed by atoms with Crippen molar-refractivity contribution in [3.05, 3.63) is 65.2 Å². The minimum atomic E-state index is -2.96. The molecule has 2 aromatic carbocycles. The van der Waals surface area contributed by atoms with Gasteiger partial charge < -0.3 is 23.6 Å². The Bertz CT molecular complexity index is 1340. The van der Waals surface area contributed by atoms with Crippen molar-refractivity contribution in [1.29, 1.82) is 0 Å². The predicted molar refractivity (Wildman–Crippen MR) is 135 cm³/mol. The Morgan fingerprint density at radius 1 is 1.10 bits per heavy atom. The van der Waals surface area contributed by atoms with E-state index < -0.39 is 18.4 Å². The first-order valence-electron chi connectivity index (χ1n) is 13.2. The molecule has 39 heavy (non-hydrogen) atoms. The lowest BCUT2D eigenvalue weighted by molar-refractivity contribution is -0.0494. The first-order valence-corrected chi connectivity index (χ1v) is 13.2. The van der Waals surface area contributed by atoms with Crippen LogP contribution in [-0.4, -0.2) is 43.0 Å². The van der Waals surface area contributed by atoms with E-state index in [4.69, 9.17) is 18.7 Å².